The van der Waals surface area contributed by atoms with Gasteiger partial charge in [0.2, 0.25) is 0 Å². The highest BCUT2D eigenvalue weighted by Crippen LogP contribution is 2.19. The Morgan fingerprint density at radius 1 is 0.357 bits per heavy atom. The largest absolute Gasteiger partial charge is 0.442 e. The molecule has 0 aliphatic heterocycles. The smallest absolute Gasteiger partial charge is 0.310 e. The van der Waals surface area contributed by atoms with E-state index in [4.69, 9.17) is 40.9 Å². The van der Waals surface area contributed by atoms with Gasteiger partial charge in [0.15, 0.2) is 0 Å². The van der Waals surface area contributed by atoms with Crippen molar-refractivity contribution in [3.05, 3.63) is 48.5 Å². The summed E-state index contributed by atoms with van der Waals surface area (Å²) >= 11 is 0. The number of benzene rings is 2. The van der Waals surface area contributed by atoms with Crippen molar-refractivity contribution in [2.45, 2.75) is 25.9 Å². The van der Waals surface area contributed by atoms with E-state index in [2.05, 4.69) is 18.9 Å². The van der Waals surface area contributed by atoms with Crippen molar-refractivity contribution in [3.63, 3.8) is 0 Å². The first-order valence-electron chi connectivity index (χ1n) is 7.47. The normalized spacial score (nSPS) is 10.7. The molecule has 0 heterocycles. The van der Waals surface area contributed by atoms with E-state index in [1.54, 1.807) is 0 Å². The SMILES string of the molecule is OC(O)Oc1ccc(OC(O)O)cc1.OC(O)Oc1ccc(OC(O)O)cc1. The molecule has 2 aromatic rings. The van der Waals surface area contributed by atoms with Gasteiger partial charge < -0.3 is 59.8 Å². The number of ether oxygens (including phenoxy) is 4. The van der Waals surface area contributed by atoms with Crippen LogP contribution in [-0.4, -0.2) is 66.8 Å². The minimum Gasteiger partial charge on any atom is -0.442 e. The van der Waals surface area contributed by atoms with Gasteiger partial charge in [0, 0.05) is 0 Å². The molecule has 12 nitrogen and oxygen atoms in total. The zero-order valence-corrected chi connectivity index (χ0v) is 14.1. The van der Waals surface area contributed by atoms with Gasteiger partial charge in [-0.15, -0.1) is 0 Å². The molecule has 8 N–H and O–H groups in total. The van der Waals surface area contributed by atoms with Crippen LogP contribution in [-0.2, 0) is 0 Å². The van der Waals surface area contributed by atoms with Crippen molar-refractivity contribution in [1.82, 2.24) is 0 Å². The molecule has 0 saturated carbocycles. The molecule has 0 aliphatic rings. The standard InChI is InChI=1S/2C8H10O6/c2*9-7(10)13-5-1-2-6(4-3-5)14-8(11)12/h2*1-4,7-12H. The summed E-state index contributed by atoms with van der Waals surface area (Å²) in [6, 6.07) is 11.1. The molecule has 0 bridgehead atoms. The highest BCUT2D eigenvalue weighted by molar-refractivity contribution is 5.31. The van der Waals surface area contributed by atoms with Gasteiger partial charge in [-0.2, -0.15) is 0 Å². The minimum absolute atomic E-state index is 0.222. The molecule has 0 fully saturated rings. The van der Waals surface area contributed by atoms with Crippen LogP contribution < -0.4 is 18.9 Å². The molecule has 2 aromatic carbocycles. The quantitative estimate of drug-likeness (QED) is 0.225. The third-order valence-electron chi connectivity index (χ3n) is 2.61. The van der Waals surface area contributed by atoms with E-state index >= 15 is 0 Å². The zero-order valence-electron chi connectivity index (χ0n) is 14.1. The lowest BCUT2D eigenvalue weighted by Gasteiger charge is -2.09. The second kappa shape index (κ2) is 11.9. The third-order valence-corrected chi connectivity index (χ3v) is 2.61. The number of aliphatic hydroxyl groups excluding tert-OH is 4. The van der Waals surface area contributed by atoms with Crippen LogP contribution in [0.5, 0.6) is 23.0 Å². The van der Waals surface area contributed by atoms with E-state index in [1.165, 1.54) is 48.5 Å². The Kier molecular flexibility index (Phi) is 9.94. The fourth-order valence-electron chi connectivity index (χ4n) is 1.68. The summed E-state index contributed by atoms with van der Waals surface area (Å²) < 4.78 is 18.0. The summed E-state index contributed by atoms with van der Waals surface area (Å²) in [4.78, 5) is 0. The maximum atomic E-state index is 8.44. The molecule has 0 aliphatic carbocycles. The van der Waals surface area contributed by atoms with Crippen LogP contribution in [0, 0.1) is 0 Å². The van der Waals surface area contributed by atoms with Crippen LogP contribution in [0.3, 0.4) is 0 Å². The monoisotopic (exact) mass is 404 g/mol. The van der Waals surface area contributed by atoms with Gasteiger partial charge in [-0.05, 0) is 48.5 Å². The summed E-state index contributed by atoms with van der Waals surface area (Å²) in [6.45, 7) is -7.54. The van der Waals surface area contributed by atoms with Gasteiger partial charge in [0.1, 0.15) is 23.0 Å². The van der Waals surface area contributed by atoms with Gasteiger partial charge >= 0.3 is 25.9 Å². The predicted molar refractivity (Wildman–Crippen MR) is 88.3 cm³/mol. The Labute approximate surface area is 158 Å². The molecule has 28 heavy (non-hydrogen) atoms. The Balaban J connectivity index is 0.000000280. The van der Waals surface area contributed by atoms with Gasteiger partial charge in [0.25, 0.3) is 0 Å². The second-order valence-corrected chi connectivity index (χ2v) is 4.72. The third kappa shape index (κ3) is 10.5. The lowest BCUT2D eigenvalue weighted by atomic mass is 10.3. The predicted octanol–water partition coefficient (Wildman–Crippen LogP) is -2.04. The Morgan fingerprint density at radius 2 is 0.500 bits per heavy atom. The van der Waals surface area contributed by atoms with Gasteiger partial charge in [-0.25, -0.2) is 0 Å². The molecular weight excluding hydrogens is 384 g/mol. The van der Waals surface area contributed by atoms with Crippen LogP contribution in [0.25, 0.3) is 0 Å². The molecule has 0 radical (unpaired) electrons. The van der Waals surface area contributed by atoms with Crippen LogP contribution >= 0.6 is 0 Å². The van der Waals surface area contributed by atoms with Crippen molar-refractivity contribution in [3.8, 4) is 23.0 Å². The summed E-state index contributed by atoms with van der Waals surface area (Å²) in [5, 5.41) is 67.5. The fraction of sp³-hybridized carbons (Fsp3) is 0.250. The summed E-state index contributed by atoms with van der Waals surface area (Å²) in [7, 11) is 0. The van der Waals surface area contributed by atoms with Crippen molar-refractivity contribution >= 4 is 0 Å². The van der Waals surface area contributed by atoms with Gasteiger partial charge in [-0.3, -0.25) is 0 Å². The molecule has 0 atom stereocenters. The zero-order chi connectivity index (χ0) is 21.1. The minimum atomic E-state index is -1.88. The highest BCUT2D eigenvalue weighted by atomic mass is 16.7. The number of hydrogen-bond donors (Lipinski definition) is 8. The lowest BCUT2D eigenvalue weighted by molar-refractivity contribution is -0.181. The summed E-state index contributed by atoms with van der Waals surface area (Å²) in [5.41, 5.74) is 0. The van der Waals surface area contributed by atoms with Crippen molar-refractivity contribution < 1.29 is 59.8 Å². The van der Waals surface area contributed by atoms with Crippen molar-refractivity contribution in [2.75, 3.05) is 0 Å². The van der Waals surface area contributed by atoms with Crippen LogP contribution in [0.15, 0.2) is 48.5 Å². The first-order valence-corrected chi connectivity index (χ1v) is 7.47. The Bertz CT molecular complexity index is 537. The second-order valence-electron chi connectivity index (χ2n) is 4.72. The van der Waals surface area contributed by atoms with E-state index in [0.717, 1.165) is 0 Å². The number of hydrogen-bond acceptors (Lipinski definition) is 12. The van der Waals surface area contributed by atoms with E-state index in [0.29, 0.717) is 0 Å². The maximum absolute atomic E-state index is 8.44. The van der Waals surface area contributed by atoms with E-state index in [1.807, 2.05) is 0 Å². The number of aliphatic hydroxyl groups is 8. The molecule has 0 spiro atoms. The highest BCUT2D eigenvalue weighted by Gasteiger charge is 2.03. The molecule has 0 aromatic heterocycles. The van der Waals surface area contributed by atoms with Gasteiger partial charge in [-0.1, -0.05) is 0 Å². The Morgan fingerprint density at radius 3 is 0.607 bits per heavy atom. The first kappa shape index (κ1) is 23.4. The number of rotatable bonds is 8. The van der Waals surface area contributed by atoms with Crippen LogP contribution in [0.4, 0.5) is 0 Å². The van der Waals surface area contributed by atoms with Crippen LogP contribution in [0.1, 0.15) is 0 Å². The topological polar surface area (TPSA) is 199 Å². The Hall–Kier alpha value is -2.68. The first-order chi connectivity index (χ1) is 13.2. The molecular formula is C16H20O12. The van der Waals surface area contributed by atoms with Crippen molar-refractivity contribution in [2.24, 2.45) is 0 Å². The average molecular weight is 404 g/mol. The molecule has 156 valence electrons. The molecule has 0 amide bonds. The van der Waals surface area contributed by atoms with E-state index in [-0.39, 0.29) is 23.0 Å². The van der Waals surface area contributed by atoms with Crippen molar-refractivity contribution in [1.29, 1.82) is 0 Å². The van der Waals surface area contributed by atoms with E-state index in [9.17, 15) is 0 Å². The maximum Gasteiger partial charge on any atom is 0.310 e. The molecule has 12 heteroatoms. The van der Waals surface area contributed by atoms with E-state index < -0.39 is 25.9 Å². The van der Waals surface area contributed by atoms with Gasteiger partial charge in [0.05, 0.1) is 0 Å². The van der Waals surface area contributed by atoms with Crippen LogP contribution in [0.2, 0.25) is 0 Å². The fourth-order valence-corrected chi connectivity index (χ4v) is 1.68. The molecule has 0 unspecified atom stereocenters. The summed E-state index contributed by atoms with van der Waals surface area (Å²) in [5.74, 6) is 0.888. The average Bonchev–Trinajstić information content (AvgIpc) is 2.57. The molecule has 0 saturated heterocycles. The summed E-state index contributed by atoms with van der Waals surface area (Å²) in [6.07, 6.45) is 0. The lowest BCUT2D eigenvalue weighted by Crippen LogP contribution is -2.14. The molecule has 2 rings (SSSR count).